The molecule has 3 aromatic rings. The third-order valence-corrected chi connectivity index (χ3v) is 3.51. The monoisotopic (exact) mass is 284 g/mol. The van der Waals surface area contributed by atoms with Crippen LogP contribution in [0.4, 0.5) is 0 Å². The van der Waals surface area contributed by atoms with Crippen LogP contribution in [0.2, 0.25) is 0 Å². The average Bonchev–Trinajstić information content (AvgIpc) is 3.22. The molecule has 0 unspecified atom stereocenters. The number of nitrogens with zero attached hydrogens (tertiary/aromatic N) is 9. The molecule has 4 heterocycles. The first-order valence-electron chi connectivity index (χ1n) is 5.68. The van der Waals surface area contributed by atoms with Gasteiger partial charge in [-0.3, -0.25) is 0 Å². The molecule has 9 nitrogen and oxygen atoms in total. The number of aromatic nitrogens is 9. The van der Waals surface area contributed by atoms with Crippen LogP contribution in [-0.2, 0) is 0 Å². The van der Waals surface area contributed by atoms with Crippen molar-refractivity contribution < 1.29 is 0 Å². The van der Waals surface area contributed by atoms with Crippen molar-refractivity contribution >= 4 is 14.0 Å². The molecular formula is C10H7N9P. The van der Waals surface area contributed by atoms with Gasteiger partial charge in [-0.1, -0.05) is 11.3 Å². The van der Waals surface area contributed by atoms with Crippen LogP contribution in [0.5, 0.6) is 0 Å². The van der Waals surface area contributed by atoms with Crippen LogP contribution in [0.15, 0.2) is 43.0 Å². The second kappa shape index (κ2) is 4.46. The van der Waals surface area contributed by atoms with Gasteiger partial charge in [-0.15, -0.1) is 15.0 Å². The summed E-state index contributed by atoms with van der Waals surface area (Å²) in [6.07, 6.45) is 10.3. The van der Waals surface area contributed by atoms with E-state index in [0.29, 0.717) is 11.6 Å². The van der Waals surface area contributed by atoms with Gasteiger partial charge in [0.2, 0.25) is 0 Å². The maximum atomic E-state index is 4.36. The fourth-order valence-electron chi connectivity index (χ4n) is 1.68. The van der Waals surface area contributed by atoms with Crippen LogP contribution in [0, 0.1) is 0 Å². The Bertz CT molecular complexity index is 794. The maximum absolute atomic E-state index is 4.36. The fraction of sp³-hybridized carbons (Fsp3) is 0. The predicted molar refractivity (Wildman–Crippen MR) is 70.2 cm³/mol. The molecule has 0 spiro atoms. The van der Waals surface area contributed by atoms with Crippen LogP contribution in [0.25, 0.3) is 17.1 Å². The van der Waals surface area contributed by atoms with Crippen LogP contribution in [0.3, 0.4) is 0 Å². The fourth-order valence-corrected chi connectivity index (χ4v) is 2.38. The van der Waals surface area contributed by atoms with E-state index < -0.39 is 0 Å². The molecular weight excluding hydrogens is 277 g/mol. The third-order valence-electron chi connectivity index (χ3n) is 2.59. The molecule has 20 heavy (non-hydrogen) atoms. The molecule has 0 N–H and O–H groups in total. The van der Waals surface area contributed by atoms with Crippen molar-refractivity contribution in [2.45, 2.75) is 0 Å². The summed E-state index contributed by atoms with van der Waals surface area (Å²) in [5.41, 5.74) is 0.993. The molecule has 1 radical (unpaired) electrons. The van der Waals surface area contributed by atoms with Crippen LogP contribution in [0.1, 0.15) is 0 Å². The van der Waals surface area contributed by atoms with Gasteiger partial charge in [-0.2, -0.15) is 19.6 Å². The van der Waals surface area contributed by atoms with Gasteiger partial charge in [0.1, 0.15) is 12.7 Å². The molecule has 1 aliphatic rings. The number of allylic oxidation sites excluding steroid dienone is 2. The quantitative estimate of drug-likeness (QED) is 0.658. The standard InChI is InChI=1S/C10H7N9P/c1-2-10(20-3-1)19-12-4-8(15-19)17-5-9(14-16-17)18-7-11-6-13-18/h1-7H. The van der Waals surface area contributed by atoms with Gasteiger partial charge in [-0.05, 0) is 11.9 Å². The predicted octanol–water partition coefficient (Wildman–Crippen LogP) is 0.711. The van der Waals surface area contributed by atoms with E-state index in [2.05, 4.69) is 30.6 Å². The molecule has 0 saturated heterocycles. The van der Waals surface area contributed by atoms with Gasteiger partial charge >= 0.3 is 0 Å². The van der Waals surface area contributed by atoms with E-state index in [-0.39, 0.29) is 0 Å². The molecule has 0 aliphatic carbocycles. The molecule has 97 valence electrons. The zero-order valence-corrected chi connectivity index (χ0v) is 10.9. The van der Waals surface area contributed by atoms with Gasteiger partial charge in [0.15, 0.2) is 11.6 Å². The van der Waals surface area contributed by atoms with Crippen LogP contribution < -0.4 is 0 Å². The zero-order chi connectivity index (χ0) is 13.4. The lowest BCUT2D eigenvalue weighted by atomic mass is 10.6. The highest BCUT2D eigenvalue weighted by Crippen LogP contribution is 2.33. The summed E-state index contributed by atoms with van der Waals surface area (Å²) in [6.45, 7) is 0. The summed E-state index contributed by atoms with van der Waals surface area (Å²) in [4.78, 5) is 5.44. The largest absolute Gasteiger partial charge is 0.223 e. The Kier molecular flexibility index (Phi) is 2.49. The van der Waals surface area contributed by atoms with E-state index in [9.17, 15) is 0 Å². The first-order valence-corrected chi connectivity index (χ1v) is 6.65. The van der Waals surface area contributed by atoms with Crippen LogP contribution in [-0.4, -0.2) is 44.8 Å². The van der Waals surface area contributed by atoms with Gasteiger partial charge in [0.05, 0.1) is 17.8 Å². The molecule has 0 bridgehead atoms. The molecule has 4 rings (SSSR count). The van der Waals surface area contributed by atoms with Crippen molar-refractivity contribution in [3.63, 3.8) is 0 Å². The Balaban J connectivity index is 1.65. The van der Waals surface area contributed by atoms with E-state index in [1.165, 1.54) is 11.0 Å². The van der Waals surface area contributed by atoms with Crippen molar-refractivity contribution in [1.29, 1.82) is 0 Å². The highest BCUT2D eigenvalue weighted by Gasteiger charge is 2.11. The van der Waals surface area contributed by atoms with Gasteiger partial charge < -0.3 is 0 Å². The Morgan fingerprint density at radius 1 is 1.10 bits per heavy atom. The summed E-state index contributed by atoms with van der Waals surface area (Å²) in [6, 6.07) is 0. The molecule has 0 amide bonds. The highest BCUT2D eigenvalue weighted by molar-refractivity contribution is 7.53. The Labute approximate surface area is 114 Å². The van der Waals surface area contributed by atoms with E-state index in [4.69, 9.17) is 0 Å². The minimum Gasteiger partial charge on any atom is -0.223 e. The van der Waals surface area contributed by atoms with Crippen molar-refractivity contribution in [2.75, 3.05) is 0 Å². The normalized spacial score (nSPS) is 15.1. The summed E-state index contributed by atoms with van der Waals surface area (Å²) in [5, 5.41) is 20.6. The zero-order valence-electron chi connectivity index (χ0n) is 10.0. The lowest BCUT2D eigenvalue weighted by Gasteiger charge is -1.96. The first-order chi connectivity index (χ1) is 9.90. The summed E-state index contributed by atoms with van der Waals surface area (Å²) < 4.78 is 3.07. The van der Waals surface area contributed by atoms with E-state index in [0.717, 1.165) is 14.0 Å². The van der Waals surface area contributed by atoms with E-state index >= 15 is 0 Å². The minimum atomic E-state index is 0.567. The van der Waals surface area contributed by atoms with E-state index in [1.54, 1.807) is 28.2 Å². The Morgan fingerprint density at radius 3 is 2.90 bits per heavy atom. The number of rotatable bonds is 3. The van der Waals surface area contributed by atoms with Crippen LogP contribution >= 0.6 is 8.58 Å². The van der Waals surface area contributed by atoms with Gasteiger partial charge in [-0.25, -0.2) is 4.98 Å². The summed E-state index contributed by atoms with van der Waals surface area (Å²) in [5.74, 6) is 3.18. The average molecular weight is 284 g/mol. The van der Waals surface area contributed by atoms with Gasteiger partial charge in [0.25, 0.3) is 0 Å². The van der Waals surface area contributed by atoms with Crippen molar-refractivity contribution in [2.24, 2.45) is 0 Å². The lowest BCUT2D eigenvalue weighted by Crippen LogP contribution is -2.00. The molecule has 0 aromatic carbocycles. The smallest absolute Gasteiger partial charge is 0.197 e. The van der Waals surface area contributed by atoms with Crippen molar-refractivity contribution in [3.8, 4) is 11.6 Å². The molecule has 3 aromatic heterocycles. The SMILES string of the molecule is C1=C[P]C(n2ncc(-n3cc(-n4cncn4)nn3)n2)=C1. The molecule has 1 aliphatic heterocycles. The topological polar surface area (TPSA) is 92.1 Å². The Hall–Kier alpha value is -2.67. The second-order valence-electron chi connectivity index (χ2n) is 3.85. The van der Waals surface area contributed by atoms with E-state index in [1.807, 2.05) is 18.0 Å². The molecule has 0 atom stereocenters. The summed E-state index contributed by atoms with van der Waals surface area (Å²) in [7, 11) is 1.07. The highest BCUT2D eigenvalue weighted by atomic mass is 31.1. The molecule has 0 saturated carbocycles. The molecule has 10 heteroatoms. The second-order valence-corrected chi connectivity index (χ2v) is 4.86. The number of hydrogen-bond acceptors (Lipinski definition) is 6. The number of hydrogen-bond donors (Lipinski definition) is 0. The first kappa shape index (κ1) is 11.2. The van der Waals surface area contributed by atoms with Gasteiger partial charge in [0, 0.05) is 8.58 Å². The lowest BCUT2D eigenvalue weighted by molar-refractivity contribution is 0.737. The maximum Gasteiger partial charge on any atom is 0.197 e. The van der Waals surface area contributed by atoms with Crippen molar-refractivity contribution in [3.05, 3.63) is 43.0 Å². The molecule has 0 fully saturated rings. The van der Waals surface area contributed by atoms with Crippen molar-refractivity contribution in [1.82, 2.24) is 44.8 Å². The third kappa shape index (κ3) is 1.84. The Morgan fingerprint density at radius 2 is 2.10 bits per heavy atom. The summed E-state index contributed by atoms with van der Waals surface area (Å²) >= 11 is 0. The minimum absolute atomic E-state index is 0.567.